The Morgan fingerprint density at radius 1 is 1.40 bits per heavy atom. The standard InChI is InChI=1S/C17H20FN5O2/c1-2-14(24)23-9-5-6-11(10-23)16(25)20-17-19-15(21-22-17)12-7-3-4-8-13(12)18/h3-4,7-8,11H,2,5-6,9-10H2,1H3,(H2,19,20,21,22,25). The summed E-state index contributed by atoms with van der Waals surface area (Å²) in [5.41, 5.74) is 0.285. The number of amides is 2. The molecule has 25 heavy (non-hydrogen) atoms. The Hall–Kier alpha value is -2.77. The molecule has 0 saturated carbocycles. The van der Waals surface area contributed by atoms with Crippen LogP contribution in [0, 0.1) is 11.7 Å². The number of aromatic nitrogens is 3. The monoisotopic (exact) mass is 345 g/mol. The van der Waals surface area contributed by atoms with E-state index < -0.39 is 5.82 Å². The van der Waals surface area contributed by atoms with Crippen molar-refractivity contribution in [1.82, 2.24) is 20.1 Å². The van der Waals surface area contributed by atoms with E-state index in [1.54, 1.807) is 23.1 Å². The fraction of sp³-hybridized carbons (Fsp3) is 0.412. The number of hydrogen-bond donors (Lipinski definition) is 2. The van der Waals surface area contributed by atoms with Crippen molar-refractivity contribution in [2.24, 2.45) is 5.92 Å². The lowest BCUT2D eigenvalue weighted by atomic mass is 9.97. The number of carbonyl (C=O) groups excluding carboxylic acids is 2. The number of carbonyl (C=O) groups is 2. The molecule has 1 fully saturated rings. The molecule has 1 aliphatic heterocycles. The van der Waals surface area contributed by atoms with Gasteiger partial charge in [0.25, 0.3) is 0 Å². The smallest absolute Gasteiger partial charge is 0.249 e. The SMILES string of the molecule is CCC(=O)N1CCCC(C(=O)Nc2n[nH]c(-c3ccccc3F)n2)C1. The maximum Gasteiger partial charge on any atom is 0.249 e. The molecule has 132 valence electrons. The van der Waals surface area contributed by atoms with Crippen LogP contribution < -0.4 is 5.32 Å². The van der Waals surface area contributed by atoms with E-state index in [2.05, 4.69) is 20.5 Å². The summed E-state index contributed by atoms with van der Waals surface area (Å²) >= 11 is 0. The molecule has 1 aromatic carbocycles. The predicted octanol–water partition coefficient (Wildman–Crippen LogP) is 2.20. The molecule has 2 heterocycles. The van der Waals surface area contributed by atoms with Gasteiger partial charge in [-0.05, 0) is 25.0 Å². The largest absolute Gasteiger partial charge is 0.342 e. The highest BCUT2D eigenvalue weighted by Crippen LogP contribution is 2.21. The maximum absolute atomic E-state index is 13.8. The minimum absolute atomic E-state index is 0.0530. The summed E-state index contributed by atoms with van der Waals surface area (Å²) in [6.07, 6.45) is 1.93. The van der Waals surface area contributed by atoms with Crippen LogP contribution in [0.15, 0.2) is 24.3 Å². The molecule has 2 aromatic rings. The Labute approximate surface area is 144 Å². The summed E-state index contributed by atoms with van der Waals surface area (Å²) in [6.45, 7) is 2.90. The molecule has 1 unspecified atom stereocenters. The van der Waals surface area contributed by atoms with Crippen LogP contribution in [0.2, 0.25) is 0 Å². The second-order valence-corrected chi connectivity index (χ2v) is 6.01. The van der Waals surface area contributed by atoms with Gasteiger partial charge >= 0.3 is 0 Å². The number of halogens is 1. The second-order valence-electron chi connectivity index (χ2n) is 6.01. The Kier molecular flexibility index (Phi) is 5.06. The number of nitrogens with zero attached hydrogens (tertiary/aromatic N) is 3. The number of H-pyrrole nitrogens is 1. The number of aromatic amines is 1. The van der Waals surface area contributed by atoms with E-state index in [1.807, 2.05) is 6.92 Å². The predicted molar refractivity (Wildman–Crippen MR) is 90.0 cm³/mol. The Morgan fingerprint density at radius 3 is 2.96 bits per heavy atom. The average molecular weight is 345 g/mol. The fourth-order valence-corrected chi connectivity index (χ4v) is 2.94. The topological polar surface area (TPSA) is 91.0 Å². The van der Waals surface area contributed by atoms with E-state index in [9.17, 15) is 14.0 Å². The minimum Gasteiger partial charge on any atom is -0.342 e. The van der Waals surface area contributed by atoms with Gasteiger partial charge in [-0.1, -0.05) is 19.1 Å². The first kappa shape index (κ1) is 17.1. The third kappa shape index (κ3) is 3.84. The zero-order chi connectivity index (χ0) is 17.8. The summed E-state index contributed by atoms with van der Waals surface area (Å²) in [7, 11) is 0. The number of piperidine rings is 1. The molecule has 0 bridgehead atoms. The van der Waals surface area contributed by atoms with Crippen LogP contribution in [-0.4, -0.2) is 45.0 Å². The van der Waals surface area contributed by atoms with Crippen LogP contribution in [0.1, 0.15) is 26.2 Å². The van der Waals surface area contributed by atoms with Crippen molar-refractivity contribution in [3.05, 3.63) is 30.1 Å². The van der Waals surface area contributed by atoms with E-state index >= 15 is 0 Å². The molecule has 1 atom stereocenters. The van der Waals surface area contributed by atoms with Crippen molar-refractivity contribution in [2.75, 3.05) is 18.4 Å². The van der Waals surface area contributed by atoms with Crippen molar-refractivity contribution in [2.45, 2.75) is 26.2 Å². The van der Waals surface area contributed by atoms with E-state index in [-0.39, 0.29) is 35.1 Å². The Bertz CT molecular complexity index is 776. The lowest BCUT2D eigenvalue weighted by Gasteiger charge is -2.31. The van der Waals surface area contributed by atoms with Gasteiger partial charge in [-0.3, -0.25) is 20.0 Å². The van der Waals surface area contributed by atoms with Crippen LogP contribution in [0.25, 0.3) is 11.4 Å². The molecule has 7 nitrogen and oxygen atoms in total. The third-order valence-corrected chi connectivity index (χ3v) is 4.30. The Balaban J connectivity index is 1.66. The molecule has 3 rings (SSSR count). The van der Waals surface area contributed by atoms with Crippen LogP contribution in [0.4, 0.5) is 10.3 Å². The first-order chi connectivity index (χ1) is 12.1. The van der Waals surface area contributed by atoms with E-state index in [0.717, 1.165) is 6.42 Å². The molecule has 8 heteroatoms. The lowest BCUT2D eigenvalue weighted by Crippen LogP contribution is -2.43. The first-order valence-corrected chi connectivity index (χ1v) is 8.34. The van der Waals surface area contributed by atoms with Crippen LogP contribution in [0.3, 0.4) is 0 Å². The first-order valence-electron chi connectivity index (χ1n) is 8.34. The van der Waals surface area contributed by atoms with Crippen molar-refractivity contribution in [3.8, 4) is 11.4 Å². The Morgan fingerprint density at radius 2 is 2.20 bits per heavy atom. The van der Waals surface area contributed by atoms with Gasteiger partial charge in [-0.2, -0.15) is 4.98 Å². The summed E-state index contributed by atoms with van der Waals surface area (Å²) in [5.74, 6) is -0.538. The van der Waals surface area contributed by atoms with Crippen LogP contribution in [0.5, 0.6) is 0 Å². The number of anilines is 1. The molecule has 1 aromatic heterocycles. The van der Waals surface area contributed by atoms with Crippen molar-refractivity contribution in [3.63, 3.8) is 0 Å². The summed E-state index contributed by atoms with van der Waals surface area (Å²) < 4.78 is 13.8. The number of likely N-dealkylation sites (tertiary alicyclic amines) is 1. The van der Waals surface area contributed by atoms with E-state index in [1.165, 1.54) is 6.07 Å². The van der Waals surface area contributed by atoms with Gasteiger partial charge < -0.3 is 4.90 Å². The molecular weight excluding hydrogens is 325 g/mol. The zero-order valence-corrected chi connectivity index (χ0v) is 14.0. The van der Waals surface area contributed by atoms with Gasteiger partial charge in [0.15, 0.2) is 5.82 Å². The van der Waals surface area contributed by atoms with Gasteiger partial charge in [0.1, 0.15) is 5.82 Å². The highest BCUT2D eigenvalue weighted by atomic mass is 19.1. The summed E-state index contributed by atoms with van der Waals surface area (Å²) in [6, 6.07) is 6.19. The van der Waals surface area contributed by atoms with Gasteiger partial charge in [-0.15, -0.1) is 5.10 Å². The molecular formula is C17H20FN5O2. The third-order valence-electron chi connectivity index (χ3n) is 4.30. The molecule has 2 N–H and O–H groups in total. The summed E-state index contributed by atoms with van der Waals surface area (Å²) in [5, 5.41) is 9.20. The van der Waals surface area contributed by atoms with E-state index in [0.29, 0.717) is 25.9 Å². The highest BCUT2D eigenvalue weighted by Gasteiger charge is 2.28. The van der Waals surface area contributed by atoms with Gasteiger partial charge in [-0.25, -0.2) is 4.39 Å². The molecule has 0 aliphatic carbocycles. The molecule has 2 amide bonds. The average Bonchev–Trinajstić information content (AvgIpc) is 3.09. The number of nitrogens with one attached hydrogen (secondary N) is 2. The van der Waals surface area contributed by atoms with Gasteiger partial charge in [0, 0.05) is 19.5 Å². The number of hydrogen-bond acceptors (Lipinski definition) is 4. The minimum atomic E-state index is -0.419. The van der Waals surface area contributed by atoms with Crippen LogP contribution in [-0.2, 0) is 9.59 Å². The van der Waals surface area contributed by atoms with Gasteiger partial charge in [0.2, 0.25) is 17.8 Å². The number of rotatable bonds is 4. The number of benzene rings is 1. The lowest BCUT2D eigenvalue weighted by molar-refractivity contribution is -0.134. The molecule has 0 spiro atoms. The van der Waals surface area contributed by atoms with Crippen molar-refractivity contribution in [1.29, 1.82) is 0 Å². The zero-order valence-electron chi connectivity index (χ0n) is 14.0. The fourth-order valence-electron chi connectivity index (χ4n) is 2.94. The molecule has 1 aliphatic rings. The van der Waals surface area contributed by atoms with E-state index in [4.69, 9.17) is 0 Å². The molecule has 1 saturated heterocycles. The van der Waals surface area contributed by atoms with Crippen LogP contribution >= 0.6 is 0 Å². The van der Waals surface area contributed by atoms with Gasteiger partial charge in [0.05, 0.1) is 11.5 Å². The normalized spacial score (nSPS) is 17.4. The second kappa shape index (κ2) is 7.42. The maximum atomic E-state index is 13.8. The highest BCUT2D eigenvalue weighted by molar-refractivity contribution is 5.91. The van der Waals surface area contributed by atoms with Crippen molar-refractivity contribution >= 4 is 17.8 Å². The molecule has 0 radical (unpaired) electrons. The quantitative estimate of drug-likeness (QED) is 0.889. The summed E-state index contributed by atoms with van der Waals surface area (Å²) in [4.78, 5) is 30.1. The van der Waals surface area contributed by atoms with Crippen molar-refractivity contribution < 1.29 is 14.0 Å².